The van der Waals surface area contributed by atoms with Gasteiger partial charge in [0, 0.05) is 23.8 Å². The molecule has 0 spiro atoms. The van der Waals surface area contributed by atoms with E-state index in [1.807, 2.05) is 6.92 Å². The number of fused-ring (bicyclic) bond motifs is 1. The predicted molar refractivity (Wildman–Crippen MR) is 77.2 cm³/mol. The van der Waals surface area contributed by atoms with Crippen LogP contribution < -0.4 is 5.32 Å². The van der Waals surface area contributed by atoms with Gasteiger partial charge in [-0.25, -0.2) is 0 Å². The SMILES string of the molecule is CCN(C(=O)c1ccc2c(c1)CC(=O)N2)C(C)CC(=O)O. The van der Waals surface area contributed by atoms with Crippen LogP contribution in [0.4, 0.5) is 5.69 Å². The first-order valence-electron chi connectivity index (χ1n) is 6.88. The van der Waals surface area contributed by atoms with E-state index in [4.69, 9.17) is 5.11 Å². The highest BCUT2D eigenvalue weighted by molar-refractivity contribution is 6.01. The standard InChI is InChI=1S/C15H18N2O4/c1-3-17(9(2)6-14(19)20)15(21)10-4-5-12-11(7-10)8-13(18)16-12/h4-5,7,9H,3,6,8H2,1-2H3,(H,16,18)(H,19,20). The minimum Gasteiger partial charge on any atom is -0.481 e. The number of carboxylic acid groups (broad SMARTS) is 1. The summed E-state index contributed by atoms with van der Waals surface area (Å²) in [6.45, 7) is 3.96. The zero-order chi connectivity index (χ0) is 15.6. The van der Waals surface area contributed by atoms with Gasteiger partial charge in [0.25, 0.3) is 5.91 Å². The monoisotopic (exact) mass is 290 g/mol. The summed E-state index contributed by atoms with van der Waals surface area (Å²) in [5.41, 5.74) is 2.01. The van der Waals surface area contributed by atoms with Crippen LogP contribution in [0.25, 0.3) is 0 Å². The minimum atomic E-state index is -0.933. The van der Waals surface area contributed by atoms with Crippen LogP contribution in [0.15, 0.2) is 18.2 Å². The van der Waals surface area contributed by atoms with Crippen LogP contribution in [0.1, 0.15) is 36.2 Å². The van der Waals surface area contributed by atoms with Crippen LogP contribution >= 0.6 is 0 Å². The number of amides is 2. The number of aliphatic carboxylic acids is 1. The molecule has 6 heteroatoms. The fourth-order valence-electron chi connectivity index (χ4n) is 2.55. The average Bonchev–Trinajstić information content (AvgIpc) is 2.77. The number of carbonyl (C=O) groups excluding carboxylic acids is 2. The van der Waals surface area contributed by atoms with E-state index in [2.05, 4.69) is 5.32 Å². The molecule has 6 nitrogen and oxygen atoms in total. The summed E-state index contributed by atoms with van der Waals surface area (Å²) < 4.78 is 0. The molecule has 1 aliphatic heterocycles. The van der Waals surface area contributed by atoms with Crippen molar-refractivity contribution in [2.24, 2.45) is 0 Å². The Bertz CT molecular complexity index is 597. The van der Waals surface area contributed by atoms with Gasteiger partial charge in [-0.1, -0.05) is 0 Å². The van der Waals surface area contributed by atoms with Crippen molar-refractivity contribution in [3.8, 4) is 0 Å². The number of hydrogen-bond acceptors (Lipinski definition) is 3. The van der Waals surface area contributed by atoms with Crippen molar-refractivity contribution >= 4 is 23.5 Å². The lowest BCUT2D eigenvalue weighted by atomic mass is 10.1. The second kappa shape index (κ2) is 5.95. The van der Waals surface area contributed by atoms with Crippen molar-refractivity contribution in [2.75, 3.05) is 11.9 Å². The van der Waals surface area contributed by atoms with Gasteiger partial charge in [0.15, 0.2) is 0 Å². The molecule has 1 atom stereocenters. The van der Waals surface area contributed by atoms with Crippen LogP contribution in [-0.4, -0.2) is 40.4 Å². The van der Waals surface area contributed by atoms with E-state index in [0.29, 0.717) is 12.1 Å². The Morgan fingerprint density at radius 1 is 1.43 bits per heavy atom. The fraction of sp³-hybridized carbons (Fsp3) is 0.400. The molecule has 2 amide bonds. The number of benzene rings is 1. The number of anilines is 1. The number of nitrogens with zero attached hydrogens (tertiary/aromatic N) is 1. The van der Waals surface area contributed by atoms with Crippen LogP contribution in [0.5, 0.6) is 0 Å². The Labute approximate surface area is 122 Å². The van der Waals surface area contributed by atoms with E-state index in [1.165, 1.54) is 4.90 Å². The molecule has 0 saturated carbocycles. The third-order valence-corrected chi connectivity index (χ3v) is 3.58. The van der Waals surface area contributed by atoms with Gasteiger partial charge < -0.3 is 15.3 Å². The van der Waals surface area contributed by atoms with Crippen molar-refractivity contribution < 1.29 is 19.5 Å². The maximum Gasteiger partial charge on any atom is 0.305 e. The van der Waals surface area contributed by atoms with Crippen molar-refractivity contribution in [1.82, 2.24) is 4.90 Å². The first-order valence-corrected chi connectivity index (χ1v) is 6.88. The number of rotatable bonds is 5. The van der Waals surface area contributed by atoms with Crippen LogP contribution in [0.2, 0.25) is 0 Å². The van der Waals surface area contributed by atoms with Gasteiger partial charge >= 0.3 is 5.97 Å². The van der Waals surface area contributed by atoms with E-state index in [9.17, 15) is 14.4 Å². The van der Waals surface area contributed by atoms with Crippen LogP contribution in [-0.2, 0) is 16.0 Å². The van der Waals surface area contributed by atoms with Gasteiger partial charge in [-0.15, -0.1) is 0 Å². The zero-order valence-corrected chi connectivity index (χ0v) is 12.0. The molecule has 1 aliphatic rings. The van der Waals surface area contributed by atoms with Crippen molar-refractivity contribution in [2.45, 2.75) is 32.7 Å². The highest BCUT2D eigenvalue weighted by atomic mass is 16.4. The Hall–Kier alpha value is -2.37. The molecule has 0 saturated heterocycles. The van der Waals surface area contributed by atoms with Gasteiger partial charge in [0.05, 0.1) is 12.8 Å². The summed E-state index contributed by atoms with van der Waals surface area (Å²) in [6.07, 6.45) is 0.178. The molecule has 21 heavy (non-hydrogen) atoms. The highest BCUT2D eigenvalue weighted by Crippen LogP contribution is 2.24. The summed E-state index contributed by atoms with van der Waals surface area (Å²) in [6, 6.07) is 4.69. The Morgan fingerprint density at radius 3 is 2.76 bits per heavy atom. The molecule has 2 rings (SSSR count). The molecule has 1 aromatic rings. The fourth-order valence-corrected chi connectivity index (χ4v) is 2.55. The molecule has 112 valence electrons. The van der Waals surface area contributed by atoms with E-state index in [0.717, 1.165) is 11.3 Å². The van der Waals surface area contributed by atoms with Gasteiger partial charge in [0.2, 0.25) is 5.91 Å². The van der Waals surface area contributed by atoms with E-state index < -0.39 is 5.97 Å². The second-order valence-corrected chi connectivity index (χ2v) is 5.13. The van der Waals surface area contributed by atoms with Crippen LogP contribution in [0.3, 0.4) is 0 Å². The average molecular weight is 290 g/mol. The van der Waals surface area contributed by atoms with E-state index in [-0.39, 0.29) is 30.7 Å². The molecular formula is C15H18N2O4. The number of carbonyl (C=O) groups is 3. The van der Waals surface area contributed by atoms with E-state index in [1.54, 1.807) is 25.1 Å². The molecule has 1 unspecified atom stereocenters. The molecule has 0 aliphatic carbocycles. The predicted octanol–water partition coefficient (Wildman–Crippen LogP) is 1.51. The third kappa shape index (κ3) is 3.21. The zero-order valence-electron chi connectivity index (χ0n) is 12.0. The molecule has 0 bridgehead atoms. The molecule has 0 radical (unpaired) electrons. The minimum absolute atomic E-state index is 0.0822. The van der Waals surface area contributed by atoms with Gasteiger partial charge in [0.1, 0.15) is 0 Å². The second-order valence-electron chi connectivity index (χ2n) is 5.13. The van der Waals surface area contributed by atoms with Crippen molar-refractivity contribution in [3.63, 3.8) is 0 Å². The number of nitrogens with one attached hydrogen (secondary N) is 1. The summed E-state index contributed by atoms with van der Waals surface area (Å²) in [5.74, 6) is -1.23. The summed E-state index contributed by atoms with van der Waals surface area (Å²) in [4.78, 5) is 36.2. The topological polar surface area (TPSA) is 86.7 Å². The van der Waals surface area contributed by atoms with Crippen LogP contribution in [0, 0.1) is 0 Å². The molecule has 0 aromatic heterocycles. The number of hydrogen-bond donors (Lipinski definition) is 2. The maximum absolute atomic E-state index is 12.5. The quantitative estimate of drug-likeness (QED) is 0.860. The Morgan fingerprint density at radius 2 is 2.14 bits per heavy atom. The lowest BCUT2D eigenvalue weighted by molar-refractivity contribution is -0.138. The first kappa shape index (κ1) is 15.0. The van der Waals surface area contributed by atoms with Gasteiger partial charge in [-0.3, -0.25) is 14.4 Å². The Kier molecular flexibility index (Phi) is 4.26. The molecule has 0 fully saturated rings. The normalized spacial score (nSPS) is 14.3. The largest absolute Gasteiger partial charge is 0.481 e. The molecule has 1 heterocycles. The smallest absolute Gasteiger partial charge is 0.305 e. The van der Waals surface area contributed by atoms with Crippen molar-refractivity contribution in [3.05, 3.63) is 29.3 Å². The highest BCUT2D eigenvalue weighted by Gasteiger charge is 2.24. The number of carboxylic acids is 1. The lowest BCUT2D eigenvalue weighted by Gasteiger charge is -2.27. The summed E-state index contributed by atoms with van der Waals surface area (Å²) in [7, 11) is 0. The summed E-state index contributed by atoms with van der Waals surface area (Å²) in [5, 5.41) is 11.6. The Balaban J connectivity index is 2.20. The van der Waals surface area contributed by atoms with E-state index >= 15 is 0 Å². The van der Waals surface area contributed by atoms with Crippen molar-refractivity contribution in [1.29, 1.82) is 0 Å². The lowest BCUT2D eigenvalue weighted by Crippen LogP contribution is -2.39. The van der Waals surface area contributed by atoms with Gasteiger partial charge in [-0.05, 0) is 37.6 Å². The molecule has 2 N–H and O–H groups in total. The first-order chi connectivity index (χ1) is 9.92. The third-order valence-electron chi connectivity index (χ3n) is 3.58. The molecular weight excluding hydrogens is 272 g/mol. The maximum atomic E-state index is 12.5. The van der Waals surface area contributed by atoms with Gasteiger partial charge in [-0.2, -0.15) is 0 Å². The summed E-state index contributed by atoms with van der Waals surface area (Å²) >= 11 is 0. The molecule has 1 aromatic carbocycles.